The van der Waals surface area contributed by atoms with Gasteiger partial charge in [0.1, 0.15) is 0 Å². The quantitative estimate of drug-likeness (QED) is 0.760. The zero-order valence-corrected chi connectivity index (χ0v) is 12.9. The van der Waals surface area contributed by atoms with E-state index in [4.69, 9.17) is 0 Å². The second-order valence-corrected chi connectivity index (χ2v) is 5.35. The van der Waals surface area contributed by atoms with Crippen molar-refractivity contribution in [3.63, 3.8) is 0 Å². The molecule has 0 atom stereocenters. The van der Waals surface area contributed by atoms with Crippen molar-refractivity contribution in [2.75, 3.05) is 5.32 Å². The molecule has 0 aliphatic rings. The molecule has 0 aliphatic heterocycles. The predicted octanol–water partition coefficient (Wildman–Crippen LogP) is 2.68. The molecule has 0 saturated carbocycles. The number of pyridine rings is 1. The molecule has 0 unspecified atom stereocenters. The lowest BCUT2D eigenvalue weighted by Gasteiger charge is -2.09. The first-order valence-electron chi connectivity index (χ1n) is 7.49. The van der Waals surface area contributed by atoms with E-state index in [-0.39, 0.29) is 5.56 Å². The van der Waals surface area contributed by atoms with Gasteiger partial charge in [-0.15, -0.1) is 0 Å². The third-order valence-corrected chi connectivity index (χ3v) is 3.66. The summed E-state index contributed by atoms with van der Waals surface area (Å²) in [4.78, 5) is 23.6. The summed E-state index contributed by atoms with van der Waals surface area (Å²) in [6, 6.07) is 13.8. The Bertz CT molecular complexity index is 829. The molecule has 2 aromatic heterocycles. The van der Waals surface area contributed by atoms with E-state index in [1.165, 1.54) is 0 Å². The van der Waals surface area contributed by atoms with Crippen LogP contribution in [0.25, 0.3) is 0 Å². The number of aryl methyl sites for hydroxylation is 1. The molecule has 2 heterocycles. The van der Waals surface area contributed by atoms with Crippen LogP contribution >= 0.6 is 0 Å². The fourth-order valence-corrected chi connectivity index (χ4v) is 2.39. The normalized spacial score (nSPS) is 10.5. The van der Waals surface area contributed by atoms with Gasteiger partial charge in [0, 0.05) is 30.9 Å². The molecule has 3 aromatic rings. The first kappa shape index (κ1) is 15.0. The number of aromatic nitrogens is 3. The lowest BCUT2D eigenvalue weighted by atomic mass is 10.1. The largest absolute Gasteiger partial charge is 0.352 e. The number of hydrogen-bond acceptors (Lipinski definition) is 4. The molecule has 3 rings (SSSR count). The molecule has 0 saturated heterocycles. The van der Waals surface area contributed by atoms with Crippen LogP contribution in [0.4, 0.5) is 5.95 Å². The highest BCUT2D eigenvalue weighted by Gasteiger charge is 2.09. The average molecular weight is 306 g/mol. The van der Waals surface area contributed by atoms with Gasteiger partial charge in [-0.2, -0.15) is 0 Å². The Morgan fingerprint density at radius 1 is 1.04 bits per heavy atom. The maximum atomic E-state index is 12.3. The van der Waals surface area contributed by atoms with Gasteiger partial charge in [-0.1, -0.05) is 30.3 Å². The van der Waals surface area contributed by atoms with Gasteiger partial charge in [0.2, 0.25) is 5.95 Å². The van der Waals surface area contributed by atoms with Crippen molar-refractivity contribution in [3.8, 4) is 0 Å². The van der Waals surface area contributed by atoms with Gasteiger partial charge in [-0.25, -0.2) is 4.98 Å². The van der Waals surface area contributed by atoms with Crippen molar-refractivity contribution in [2.45, 2.75) is 19.9 Å². The monoisotopic (exact) mass is 306 g/mol. The second-order valence-electron chi connectivity index (χ2n) is 5.35. The molecule has 0 amide bonds. The van der Waals surface area contributed by atoms with Gasteiger partial charge >= 0.3 is 0 Å². The number of hydrogen-bond donors (Lipinski definition) is 2. The first-order chi connectivity index (χ1) is 11.2. The van der Waals surface area contributed by atoms with E-state index in [0.29, 0.717) is 24.5 Å². The molecule has 0 fully saturated rings. The van der Waals surface area contributed by atoms with Gasteiger partial charge in [0.05, 0.1) is 5.69 Å². The number of nitrogens with one attached hydrogen (secondary N) is 2. The van der Waals surface area contributed by atoms with Crippen LogP contribution in [-0.4, -0.2) is 15.0 Å². The second kappa shape index (κ2) is 6.87. The Hall–Kier alpha value is -2.95. The number of anilines is 1. The van der Waals surface area contributed by atoms with Gasteiger partial charge in [0.15, 0.2) is 0 Å². The van der Waals surface area contributed by atoms with E-state index < -0.39 is 0 Å². The molecular weight excluding hydrogens is 288 g/mol. The maximum absolute atomic E-state index is 12.3. The van der Waals surface area contributed by atoms with E-state index >= 15 is 0 Å². The Balaban J connectivity index is 1.76. The first-order valence-corrected chi connectivity index (χ1v) is 7.49. The Morgan fingerprint density at radius 2 is 1.78 bits per heavy atom. The van der Waals surface area contributed by atoms with E-state index in [2.05, 4.69) is 20.3 Å². The third kappa shape index (κ3) is 3.83. The molecule has 5 nitrogen and oxygen atoms in total. The predicted molar refractivity (Wildman–Crippen MR) is 90.4 cm³/mol. The molecule has 0 radical (unpaired) electrons. The fourth-order valence-electron chi connectivity index (χ4n) is 2.39. The minimum atomic E-state index is -0.0985. The Morgan fingerprint density at radius 3 is 2.48 bits per heavy atom. The van der Waals surface area contributed by atoms with Crippen molar-refractivity contribution in [1.29, 1.82) is 0 Å². The number of H-pyrrole nitrogens is 1. The highest BCUT2D eigenvalue weighted by atomic mass is 16.1. The van der Waals surface area contributed by atoms with Gasteiger partial charge in [0.25, 0.3) is 5.56 Å². The maximum Gasteiger partial charge on any atom is 0.256 e. The van der Waals surface area contributed by atoms with Gasteiger partial charge in [-0.3, -0.25) is 14.8 Å². The smallest absolute Gasteiger partial charge is 0.256 e. The Labute approximate surface area is 134 Å². The van der Waals surface area contributed by atoms with Crippen molar-refractivity contribution in [3.05, 3.63) is 87.6 Å². The van der Waals surface area contributed by atoms with Crippen molar-refractivity contribution < 1.29 is 0 Å². The highest BCUT2D eigenvalue weighted by Crippen LogP contribution is 2.10. The van der Waals surface area contributed by atoms with E-state index in [0.717, 1.165) is 16.8 Å². The number of nitrogens with zero attached hydrogens (tertiary/aromatic N) is 2. The molecule has 2 N–H and O–H groups in total. The molecule has 116 valence electrons. The van der Waals surface area contributed by atoms with Crippen LogP contribution in [0.2, 0.25) is 0 Å². The summed E-state index contributed by atoms with van der Waals surface area (Å²) in [5, 5.41) is 3.14. The molecular formula is C18H18N4O. The fraction of sp³-hybridized carbons (Fsp3) is 0.167. The molecule has 23 heavy (non-hydrogen) atoms. The van der Waals surface area contributed by atoms with Crippen LogP contribution < -0.4 is 10.9 Å². The van der Waals surface area contributed by atoms with Crippen LogP contribution in [0.5, 0.6) is 0 Å². The lowest BCUT2D eigenvalue weighted by molar-refractivity contribution is 0.956. The van der Waals surface area contributed by atoms with Crippen LogP contribution in [0.15, 0.2) is 59.7 Å². The summed E-state index contributed by atoms with van der Waals surface area (Å²) in [5.41, 5.74) is 3.52. The summed E-state index contributed by atoms with van der Waals surface area (Å²) < 4.78 is 0. The van der Waals surface area contributed by atoms with Crippen LogP contribution in [0.3, 0.4) is 0 Å². The van der Waals surface area contributed by atoms with Crippen molar-refractivity contribution >= 4 is 5.95 Å². The number of aromatic amines is 1. The van der Waals surface area contributed by atoms with Crippen LogP contribution in [-0.2, 0) is 13.0 Å². The SMILES string of the molecule is Cc1nc(NCc2ccncc2)[nH]c(=O)c1Cc1ccccc1. The van der Waals surface area contributed by atoms with Gasteiger partial charge in [-0.05, 0) is 30.2 Å². The third-order valence-electron chi connectivity index (χ3n) is 3.66. The van der Waals surface area contributed by atoms with E-state index in [1.54, 1.807) is 12.4 Å². The molecule has 1 aromatic carbocycles. The highest BCUT2D eigenvalue weighted by molar-refractivity contribution is 5.33. The number of benzene rings is 1. The van der Waals surface area contributed by atoms with Crippen LogP contribution in [0, 0.1) is 6.92 Å². The summed E-state index contributed by atoms with van der Waals surface area (Å²) >= 11 is 0. The molecule has 0 aliphatic carbocycles. The molecule has 0 bridgehead atoms. The standard InChI is InChI=1S/C18H18N4O/c1-13-16(11-14-5-3-2-4-6-14)17(23)22-18(21-13)20-12-15-7-9-19-10-8-15/h2-10H,11-12H2,1H3,(H2,20,21,22,23). The van der Waals surface area contributed by atoms with Gasteiger partial charge < -0.3 is 5.32 Å². The lowest BCUT2D eigenvalue weighted by Crippen LogP contribution is -2.19. The number of rotatable bonds is 5. The van der Waals surface area contributed by atoms with Crippen LogP contribution in [0.1, 0.15) is 22.4 Å². The topological polar surface area (TPSA) is 70.7 Å². The average Bonchev–Trinajstić information content (AvgIpc) is 2.58. The summed E-state index contributed by atoms with van der Waals surface area (Å²) in [7, 11) is 0. The minimum absolute atomic E-state index is 0.0985. The Kier molecular flexibility index (Phi) is 4.47. The molecule has 0 spiro atoms. The van der Waals surface area contributed by atoms with E-state index in [1.807, 2.05) is 49.4 Å². The molecule has 5 heteroatoms. The summed E-state index contributed by atoms with van der Waals surface area (Å²) in [6.45, 7) is 2.45. The zero-order chi connectivity index (χ0) is 16.1. The zero-order valence-electron chi connectivity index (χ0n) is 12.9. The minimum Gasteiger partial charge on any atom is -0.352 e. The summed E-state index contributed by atoms with van der Waals surface area (Å²) in [6.07, 6.45) is 4.06. The van der Waals surface area contributed by atoms with E-state index in [9.17, 15) is 4.79 Å². The summed E-state index contributed by atoms with van der Waals surface area (Å²) in [5.74, 6) is 0.487. The van der Waals surface area contributed by atoms with Crippen molar-refractivity contribution in [1.82, 2.24) is 15.0 Å². The van der Waals surface area contributed by atoms with Crippen molar-refractivity contribution in [2.24, 2.45) is 0 Å².